The van der Waals surface area contributed by atoms with Crippen molar-refractivity contribution in [3.05, 3.63) is 90.1 Å². The number of ketones is 1. The first-order valence-electron chi connectivity index (χ1n) is 8.92. The number of para-hydroxylation sites is 1. The van der Waals surface area contributed by atoms with Gasteiger partial charge in [0.15, 0.2) is 0 Å². The summed E-state index contributed by atoms with van der Waals surface area (Å²) in [6.45, 7) is 0. The van der Waals surface area contributed by atoms with Gasteiger partial charge in [0.05, 0.1) is 19.7 Å². The maximum Gasteiger partial charge on any atom is 0.212 e. The van der Waals surface area contributed by atoms with E-state index in [1.165, 1.54) is 0 Å². The van der Waals surface area contributed by atoms with Gasteiger partial charge in [0.2, 0.25) is 5.78 Å². The van der Waals surface area contributed by atoms with Crippen LogP contribution in [-0.2, 0) is 0 Å². The van der Waals surface area contributed by atoms with Crippen LogP contribution in [0.4, 0.5) is 0 Å². The molecular weight excluding hydrogens is 350 g/mol. The zero-order valence-electron chi connectivity index (χ0n) is 15.7. The highest BCUT2D eigenvalue weighted by Gasteiger charge is 2.19. The average molecular weight is 369 g/mol. The Kier molecular flexibility index (Phi) is 4.77. The van der Waals surface area contributed by atoms with Gasteiger partial charge in [-0.05, 0) is 42.0 Å². The fourth-order valence-corrected chi connectivity index (χ4v) is 3.20. The summed E-state index contributed by atoms with van der Waals surface area (Å²) in [7, 11) is 3.21. The summed E-state index contributed by atoms with van der Waals surface area (Å²) in [6, 6.07) is 24.6. The summed E-state index contributed by atoms with van der Waals surface area (Å²) in [4.78, 5) is 18.1. The van der Waals surface area contributed by atoms with E-state index in [-0.39, 0.29) is 5.78 Å². The number of hydrogen-bond acceptors (Lipinski definition) is 4. The van der Waals surface area contributed by atoms with Crippen LogP contribution in [0.1, 0.15) is 16.1 Å². The van der Waals surface area contributed by atoms with E-state index in [1.54, 1.807) is 32.4 Å². The molecule has 1 heterocycles. The van der Waals surface area contributed by atoms with Gasteiger partial charge in [-0.25, -0.2) is 4.98 Å². The Morgan fingerprint density at radius 1 is 0.786 bits per heavy atom. The standard InChI is InChI=1S/C24H19NO3/c1-27-19-10-5-8-16(13-19)21-15-17-7-3-4-12-22(17)25-23(21)24(26)18-9-6-11-20(14-18)28-2/h3-15H,1-2H3. The molecule has 4 aromatic rings. The predicted octanol–water partition coefficient (Wildman–Crippen LogP) is 5.15. The molecule has 0 aliphatic rings. The molecule has 0 saturated heterocycles. The number of nitrogens with zero attached hydrogens (tertiary/aromatic N) is 1. The Labute approximate surface area is 163 Å². The second-order valence-corrected chi connectivity index (χ2v) is 6.37. The summed E-state index contributed by atoms with van der Waals surface area (Å²) in [5, 5.41) is 0.975. The van der Waals surface area contributed by atoms with Gasteiger partial charge in [-0.2, -0.15) is 0 Å². The van der Waals surface area contributed by atoms with Crippen molar-refractivity contribution < 1.29 is 14.3 Å². The molecule has 0 saturated carbocycles. The number of hydrogen-bond donors (Lipinski definition) is 0. The summed E-state index contributed by atoms with van der Waals surface area (Å²) < 4.78 is 10.6. The number of ether oxygens (including phenoxy) is 2. The predicted molar refractivity (Wildman–Crippen MR) is 110 cm³/mol. The van der Waals surface area contributed by atoms with E-state index >= 15 is 0 Å². The molecule has 0 amide bonds. The van der Waals surface area contributed by atoms with Crippen LogP contribution in [0, 0.1) is 0 Å². The van der Waals surface area contributed by atoms with Crippen LogP contribution in [0.3, 0.4) is 0 Å². The largest absolute Gasteiger partial charge is 0.497 e. The lowest BCUT2D eigenvalue weighted by atomic mass is 9.96. The maximum absolute atomic E-state index is 13.4. The van der Waals surface area contributed by atoms with Gasteiger partial charge >= 0.3 is 0 Å². The third-order valence-corrected chi connectivity index (χ3v) is 4.65. The molecule has 4 nitrogen and oxygen atoms in total. The van der Waals surface area contributed by atoms with Crippen LogP contribution in [0.25, 0.3) is 22.0 Å². The Morgan fingerprint density at radius 3 is 2.29 bits per heavy atom. The number of fused-ring (bicyclic) bond motifs is 1. The van der Waals surface area contributed by atoms with Gasteiger partial charge in [-0.3, -0.25) is 4.79 Å². The molecule has 0 aliphatic heterocycles. The molecule has 0 aliphatic carbocycles. The number of pyridine rings is 1. The molecule has 1 aromatic heterocycles. The molecule has 3 aromatic carbocycles. The van der Waals surface area contributed by atoms with Crippen molar-refractivity contribution in [2.24, 2.45) is 0 Å². The van der Waals surface area contributed by atoms with Crippen LogP contribution >= 0.6 is 0 Å². The number of rotatable bonds is 5. The number of carbonyl (C=O) groups excluding carboxylic acids is 1. The minimum Gasteiger partial charge on any atom is -0.497 e. The van der Waals surface area contributed by atoms with Crippen molar-refractivity contribution >= 4 is 16.7 Å². The number of aromatic nitrogens is 1. The van der Waals surface area contributed by atoms with Crippen molar-refractivity contribution in [3.8, 4) is 22.6 Å². The first-order chi connectivity index (χ1) is 13.7. The van der Waals surface area contributed by atoms with Crippen LogP contribution in [0.2, 0.25) is 0 Å². The lowest BCUT2D eigenvalue weighted by Crippen LogP contribution is -2.07. The summed E-state index contributed by atoms with van der Waals surface area (Å²) >= 11 is 0. The van der Waals surface area contributed by atoms with E-state index < -0.39 is 0 Å². The molecule has 0 N–H and O–H groups in total. The van der Waals surface area contributed by atoms with Crippen molar-refractivity contribution in [1.82, 2.24) is 4.98 Å². The lowest BCUT2D eigenvalue weighted by molar-refractivity contribution is 0.103. The second-order valence-electron chi connectivity index (χ2n) is 6.37. The van der Waals surface area contributed by atoms with Gasteiger partial charge in [0.1, 0.15) is 17.2 Å². The molecule has 138 valence electrons. The smallest absolute Gasteiger partial charge is 0.212 e. The number of benzene rings is 3. The van der Waals surface area contributed by atoms with E-state index in [1.807, 2.05) is 60.7 Å². The van der Waals surface area contributed by atoms with Gasteiger partial charge in [-0.1, -0.05) is 42.5 Å². The van der Waals surface area contributed by atoms with E-state index in [9.17, 15) is 4.79 Å². The third kappa shape index (κ3) is 3.32. The summed E-state index contributed by atoms with van der Waals surface area (Å²) in [5.41, 5.74) is 3.36. The highest BCUT2D eigenvalue weighted by atomic mass is 16.5. The molecule has 0 unspecified atom stereocenters. The third-order valence-electron chi connectivity index (χ3n) is 4.65. The Balaban J connectivity index is 1.93. The van der Waals surface area contributed by atoms with Crippen molar-refractivity contribution in [2.75, 3.05) is 14.2 Å². The van der Waals surface area contributed by atoms with Gasteiger partial charge in [0.25, 0.3) is 0 Å². The summed E-state index contributed by atoms with van der Waals surface area (Å²) in [6.07, 6.45) is 0. The van der Waals surface area contributed by atoms with Crippen molar-refractivity contribution in [3.63, 3.8) is 0 Å². The van der Waals surface area contributed by atoms with E-state index in [2.05, 4.69) is 0 Å². The number of carbonyl (C=O) groups is 1. The first kappa shape index (κ1) is 17.7. The number of methoxy groups -OCH3 is 2. The normalized spacial score (nSPS) is 10.6. The maximum atomic E-state index is 13.4. The van der Waals surface area contributed by atoms with E-state index in [4.69, 9.17) is 14.5 Å². The second kappa shape index (κ2) is 7.53. The lowest BCUT2D eigenvalue weighted by Gasteiger charge is -2.12. The fraction of sp³-hybridized carbons (Fsp3) is 0.0833. The monoisotopic (exact) mass is 369 g/mol. The Morgan fingerprint density at radius 2 is 1.50 bits per heavy atom. The van der Waals surface area contributed by atoms with Gasteiger partial charge in [0, 0.05) is 16.5 Å². The van der Waals surface area contributed by atoms with Gasteiger partial charge < -0.3 is 9.47 Å². The zero-order valence-corrected chi connectivity index (χ0v) is 15.7. The quantitative estimate of drug-likeness (QED) is 0.457. The van der Waals surface area contributed by atoms with Crippen LogP contribution in [0.15, 0.2) is 78.9 Å². The molecule has 0 bridgehead atoms. The molecule has 0 fully saturated rings. The summed E-state index contributed by atoms with van der Waals surface area (Å²) in [5.74, 6) is 1.21. The van der Waals surface area contributed by atoms with Crippen LogP contribution < -0.4 is 9.47 Å². The molecule has 4 heteroatoms. The molecule has 0 radical (unpaired) electrons. The first-order valence-corrected chi connectivity index (χ1v) is 8.92. The molecule has 0 atom stereocenters. The van der Waals surface area contributed by atoms with Crippen LogP contribution in [-0.4, -0.2) is 25.0 Å². The van der Waals surface area contributed by atoms with E-state index in [0.717, 1.165) is 27.8 Å². The highest BCUT2D eigenvalue weighted by Crippen LogP contribution is 2.31. The van der Waals surface area contributed by atoms with E-state index in [0.29, 0.717) is 17.0 Å². The van der Waals surface area contributed by atoms with Crippen LogP contribution in [0.5, 0.6) is 11.5 Å². The molecular formula is C24H19NO3. The molecule has 4 rings (SSSR count). The van der Waals surface area contributed by atoms with Crippen molar-refractivity contribution in [2.45, 2.75) is 0 Å². The topological polar surface area (TPSA) is 48.4 Å². The Hall–Kier alpha value is -3.66. The minimum absolute atomic E-state index is 0.150. The highest BCUT2D eigenvalue weighted by molar-refractivity contribution is 6.13. The molecule has 28 heavy (non-hydrogen) atoms. The molecule has 0 spiro atoms. The fourth-order valence-electron chi connectivity index (χ4n) is 3.20. The Bertz CT molecular complexity index is 1170. The minimum atomic E-state index is -0.150. The van der Waals surface area contributed by atoms with Gasteiger partial charge in [-0.15, -0.1) is 0 Å². The zero-order chi connectivity index (χ0) is 19.5. The SMILES string of the molecule is COc1cccc(C(=O)c2nc3ccccc3cc2-c2cccc(OC)c2)c1. The van der Waals surface area contributed by atoms with Crippen molar-refractivity contribution in [1.29, 1.82) is 0 Å². The average Bonchev–Trinajstić information content (AvgIpc) is 2.77.